The third kappa shape index (κ3) is 1.77. The van der Waals surface area contributed by atoms with E-state index in [1.807, 2.05) is 12.1 Å². The third-order valence-corrected chi connectivity index (χ3v) is 5.38. The zero-order chi connectivity index (χ0) is 13.6. The van der Waals surface area contributed by atoms with E-state index in [-0.39, 0.29) is 5.41 Å². The summed E-state index contributed by atoms with van der Waals surface area (Å²) in [5, 5.41) is 9.80. The van der Waals surface area contributed by atoms with Crippen molar-refractivity contribution in [2.75, 3.05) is 6.54 Å². The van der Waals surface area contributed by atoms with E-state index >= 15 is 0 Å². The van der Waals surface area contributed by atoms with Crippen LogP contribution in [0.25, 0.3) is 0 Å². The molecule has 1 aliphatic heterocycles. The Bertz CT molecular complexity index is 522. The number of aromatic hydroxyl groups is 1. The van der Waals surface area contributed by atoms with Crippen molar-refractivity contribution in [1.29, 1.82) is 0 Å². The number of allylic oxidation sites excluding steroid dienone is 1. The van der Waals surface area contributed by atoms with Crippen molar-refractivity contribution in [2.45, 2.75) is 45.1 Å². The van der Waals surface area contributed by atoms with Crippen LogP contribution in [-0.2, 0) is 11.8 Å². The third-order valence-electron chi connectivity index (χ3n) is 5.38. The van der Waals surface area contributed by atoms with Crippen molar-refractivity contribution in [2.24, 2.45) is 5.92 Å². The fourth-order valence-corrected chi connectivity index (χ4v) is 4.02. The van der Waals surface area contributed by atoms with Crippen molar-refractivity contribution < 1.29 is 5.11 Å². The minimum atomic E-state index is 0.203. The van der Waals surface area contributed by atoms with Gasteiger partial charge in [-0.1, -0.05) is 26.0 Å². The van der Waals surface area contributed by atoms with Gasteiger partial charge in [0.25, 0.3) is 0 Å². The van der Waals surface area contributed by atoms with E-state index < -0.39 is 0 Å². The van der Waals surface area contributed by atoms with E-state index in [9.17, 15) is 5.11 Å². The molecule has 0 amide bonds. The highest BCUT2D eigenvalue weighted by molar-refractivity contribution is 5.44. The standard InChI is InChI=1S/C17H23NO/c1-4-8-18-9-7-17(3)12(2)16(18)10-13-5-6-14(19)11-15(13)17/h4-6,8,11-12,16,19H,7,9-10H2,1-3H3/b8-4+/t12-,16-,17-/m1/s1. The monoisotopic (exact) mass is 257 g/mol. The molecule has 1 saturated heterocycles. The molecule has 1 aromatic rings. The maximum atomic E-state index is 9.80. The first-order chi connectivity index (χ1) is 9.06. The Kier molecular flexibility index (Phi) is 2.84. The lowest BCUT2D eigenvalue weighted by Gasteiger charge is -2.54. The second-order valence-electron chi connectivity index (χ2n) is 6.29. The van der Waals surface area contributed by atoms with Crippen LogP contribution in [0.2, 0.25) is 0 Å². The van der Waals surface area contributed by atoms with Crippen molar-refractivity contribution in [3.8, 4) is 5.75 Å². The van der Waals surface area contributed by atoms with Crippen LogP contribution in [0.4, 0.5) is 0 Å². The topological polar surface area (TPSA) is 23.5 Å². The predicted molar refractivity (Wildman–Crippen MR) is 78.3 cm³/mol. The van der Waals surface area contributed by atoms with Crippen molar-refractivity contribution in [3.63, 3.8) is 0 Å². The molecular weight excluding hydrogens is 234 g/mol. The van der Waals surface area contributed by atoms with E-state index in [4.69, 9.17) is 0 Å². The van der Waals surface area contributed by atoms with Gasteiger partial charge in [0.15, 0.2) is 0 Å². The van der Waals surface area contributed by atoms with Gasteiger partial charge in [-0.25, -0.2) is 0 Å². The van der Waals surface area contributed by atoms with Crippen molar-refractivity contribution >= 4 is 0 Å². The summed E-state index contributed by atoms with van der Waals surface area (Å²) in [5.41, 5.74) is 2.99. The van der Waals surface area contributed by atoms with Gasteiger partial charge in [0.1, 0.15) is 5.75 Å². The highest BCUT2D eigenvalue weighted by Gasteiger charge is 2.47. The van der Waals surface area contributed by atoms with E-state index in [0.29, 0.717) is 17.7 Å². The van der Waals surface area contributed by atoms with E-state index in [0.717, 1.165) is 19.4 Å². The van der Waals surface area contributed by atoms with Crippen LogP contribution < -0.4 is 0 Å². The van der Waals surface area contributed by atoms with Crippen molar-refractivity contribution in [3.05, 3.63) is 41.6 Å². The fourth-order valence-electron chi connectivity index (χ4n) is 4.02. The van der Waals surface area contributed by atoms with Crippen LogP contribution in [0.15, 0.2) is 30.5 Å². The minimum absolute atomic E-state index is 0.203. The molecule has 0 aromatic heterocycles. The molecule has 1 aliphatic carbocycles. The van der Waals surface area contributed by atoms with Gasteiger partial charge in [0.2, 0.25) is 0 Å². The highest BCUT2D eigenvalue weighted by atomic mass is 16.3. The summed E-state index contributed by atoms with van der Waals surface area (Å²) in [6, 6.07) is 6.52. The number of phenolic OH excluding ortho intramolecular Hbond substituents is 1. The molecule has 1 aromatic carbocycles. The first kappa shape index (κ1) is 12.6. The lowest BCUT2D eigenvalue weighted by atomic mass is 9.59. The van der Waals surface area contributed by atoms with Gasteiger partial charge in [-0.2, -0.15) is 0 Å². The number of fused-ring (bicyclic) bond motifs is 4. The normalized spacial score (nSPS) is 33.5. The quantitative estimate of drug-likeness (QED) is 0.833. The number of nitrogens with zero attached hydrogens (tertiary/aromatic N) is 1. The smallest absolute Gasteiger partial charge is 0.115 e. The highest BCUT2D eigenvalue weighted by Crippen LogP contribution is 2.49. The van der Waals surface area contributed by atoms with Crippen LogP contribution in [0.3, 0.4) is 0 Å². The Hall–Kier alpha value is -1.44. The molecule has 1 fully saturated rings. The molecule has 19 heavy (non-hydrogen) atoms. The molecular formula is C17H23NO. The lowest BCUT2D eigenvalue weighted by Crippen LogP contribution is -2.56. The minimum Gasteiger partial charge on any atom is -0.508 e. The number of benzene rings is 1. The average molecular weight is 257 g/mol. The molecule has 102 valence electrons. The Balaban J connectivity index is 2.08. The summed E-state index contributed by atoms with van der Waals surface area (Å²) in [4.78, 5) is 2.50. The molecule has 2 bridgehead atoms. The van der Waals surface area contributed by atoms with E-state index in [2.05, 4.69) is 44.0 Å². The maximum Gasteiger partial charge on any atom is 0.115 e. The van der Waals surface area contributed by atoms with Gasteiger partial charge in [-0.15, -0.1) is 0 Å². The molecule has 1 N–H and O–H groups in total. The summed E-state index contributed by atoms with van der Waals surface area (Å²) < 4.78 is 0. The van der Waals surface area contributed by atoms with Crippen LogP contribution in [0.5, 0.6) is 5.75 Å². The fraction of sp³-hybridized carbons (Fsp3) is 0.529. The Morgan fingerprint density at radius 2 is 2.21 bits per heavy atom. The van der Waals surface area contributed by atoms with Gasteiger partial charge in [0.05, 0.1) is 0 Å². The van der Waals surface area contributed by atoms with E-state index in [1.54, 1.807) is 0 Å². The molecule has 2 nitrogen and oxygen atoms in total. The van der Waals surface area contributed by atoms with Crippen LogP contribution in [0.1, 0.15) is 38.3 Å². The molecule has 2 aliphatic rings. The first-order valence-corrected chi connectivity index (χ1v) is 7.27. The number of rotatable bonds is 1. The number of hydrogen-bond acceptors (Lipinski definition) is 2. The van der Waals surface area contributed by atoms with Gasteiger partial charge in [0, 0.05) is 12.6 Å². The average Bonchev–Trinajstić information content (AvgIpc) is 2.38. The molecule has 0 radical (unpaired) electrons. The molecule has 0 saturated carbocycles. The molecule has 2 heteroatoms. The molecule has 1 heterocycles. The van der Waals surface area contributed by atoms with Crippen LogP contribution >= 0.6 is 0 Å². The summed E-state index contributed by atoms with van der Waals surface area (Å²) in [6.07, 6.45) is 6.63. The molecule has 0 unspecified atom stereocenters. The lowest BCUT2D eigenvalue weighted by molar-refractivity contribution is 0.0654. The Morgan fingerprint density at radius 3 is 2.95 bits per heavy atom. The van der Waals surface area contributed by atoms with Gasteiger partial charge in [-0.3, -0.25) is 0 Å². The van der Waals surface area contributed by atoms with Gasteiger partial charge < -0.3 is 10.0 Å². The molecule has 3 atom stereocenters. The summed E-state index contributed by atoms with van der Waals surface area (Å²) in [5.74, 6) is 1.02. The van der Waals surface area contributed by atoms with E-state index in [1.165, 1.54) is 11.1 Å². The van der Waals surface area contributed by atoms with Gasteiger partial charge >= 0.3 is 0 Å². The zero-order valence-corrected chi connectivity index (χ0v) is 12.1. The Labute approximate surface area is 115 Å². The SMILES string of the molecule is C/C=C/N1CC[C@@]2(C)c3cc(O)ccc3C[C@@H]1[C@H]2C. The zero-order valence-electron chi connectivity index (χ0n) is 12.1. The Morgan fingerprint density at radius 1 is 1.42 bits per heavy atom. The summed E-state index contributed by atoms with van der Waals surface area (Å²) in [7, 11) is 0. The number of piperidine rings is 1. The van der Waals surface area contributed by atoms with Crippen molar-refractivity contribution in [1.82, 2.24) is 4.90 Å². The maximum absolute atomic E-state index is 9.80. The van der Waals surface area contributed by atoms with Crippen LogP contribution in [-0.4, -0.2) is 22.6 Å². The summed E-state index contributed by atoms with van der Waals surface area (Å²) in [6.45, 7) is 7.95. The second-order valence-corrected chi connectivity index (χ2v) is 6.29. The largest absolute Gasteiger partial charge is 0.508 e. The molecule has 3 rings (SSSR count). The summed E-state index contributed by atoms with van der Waals surface area (Å²) >= 11 is 0. The second kappa shape index (κ2) is 4.29. The number of phenols is 1. The number of likely N-dealkylation sites (tertiary alicyclic amines) is 1. The van der Waals surface area contributed by atoms with Gasteiger partial charge in [-0.05, 0) is 60.6 Å². The predicted octanol–water partition coefficient (Wildman–Crippen LogP) is 3.45. The number of hydrogen-bond donors (Lipinski definition) is 1. The van der Waals surface area contributed by atoms with Crippen LogP contribution in [0, 0.1) is 5.92 Å². The first-order valence-electron chi connectivity index (χ1n) is 7.27. The molecule has 0 spiro atoms.